The zero-order valence-corrected chi connectivity index (χ0v) is 11.3. The lowest BCUT2D eigenvalue weighted by Crippen LogP contribution is -2.09. The molecule has 0 aliphatic rings. The normalized spacial score (nSPS) is 13.2. The first-order valence-electron chi connectivity index (χ1n) is 5.62. The van der Waals surface area contributed by atoms with E-state index in [9.17, 15) is 0 Å². The van der Waals surface area contributed by atoms with Crippen molar-refractivity contribution in [3.63, 3.8) is 0 Å². The summed E-state index contributed by atoms with van der Waals surface area (Å²) in [6.45, 7) is 10.7. The van der Waals surface area contributed by atoms with Gasteiger partial charge in [0.2, 0.25) is 0 Å². The zero-order chi connectivity index (χ0) is 12.3. The van der Waals surface area contributed by atoms with E-state index in [4.69, 9.17) is 16.3 Å². The van der Waals surface area contributed by atoms with Gasteiger partial charge in [0.15, 0.2) is 5.82 Å². The van der Waals surface area contributed by atoms with E-state index >= 15 is 0 Å². The van der Waals surface area contributed by atoms with Gasteiger partial charge in [-0.05, 0) is 26.7 Å². The smallest absolute Gasteiger partial charge is 0.158 e. The van der Waals surface area contributed by atoms with Gasteiger partial charge in [0.05, 0.1) is 0 Å². The number of aromatic nitrogens is 2. The average molecular weight is 243 g/mol. The van der Waals surface area contributed by atoms with Gasteiger partial charge in [0.1, 0.15) is 11.3 Å². The lowest BCUT2D eigenvalue weighted by Gasteiger charge is -2.15. The van der Waals surface area contributed by atoms with Crippen LogP contribution in [0, 0.1) is 6.92 Å². The lowest BCUT2D eigenvalue weighted by atomic mass is 10.0. The number of ether oxygens (including phenoxy) is 1. The number of rotatable bonds is 4. The summed E-state index contributed by atoms with van der Waals surface area (Å²) in [5, 5.41) is 0.545. The van der Waals surface area contributed by atoms with Crippen molar-refractivity contribution in [2.24, 2.45) is 0 Å². The average Bonchev–Trinajstić information content (AvgIpc) is 2.16. The first-order valence-corrected chi connectivity index (χ1v) is 6.00. The van der Waals surface area contributed by atoms with E-state index in [1.807, 2.05) is 20.8 Å². The van der Waals surface area contributed by atoms with Crippen LogP contribution in [0.5, 0.6) is 0 Å². The summed E-state index contributed by atoms with van der Waals surface area (Å²) in [5.41, 5.74) is 1.96. The number of hydrogen-bond acceptors (Lipinski definition) is 3. The molecule has 3 nitrogen and oxygen atoms in total. The molecule has 0 aromatic carbocycles. The topological polar surface area (TPSA) is 35.0 Å². The molecule has 0 saturated carbocycles. The highest BCUT2D eigenvalue weighted by Crippen LogP contribution is 2.26. The summed E-state index contributed by atoms with van der Waals surface area (Å²) >= 11 is 6.17. The molecule has 0 amide bonds. The maximum atomic E-state index is 6.17. The van der Waals surface area contributed by atoms with Crippen LogP contribution in [0.1, 0.15) is 56.8 Å². The maximum absolute atomic E-state index is 6.17. The van der Waals surface area contributed by atoms with Crippen LogP contribution in [0.3, 0.4) is 0 Å². The van der Waals surface area contributed by atoms with Gasteiger partial charge in [-0.2, -0.15) is 0 Å². The van der Waals surface area contributed by atoms with E-state index in [0.29, 0.717) is 23.5 Å². The molecular formula is C12H19ClN2O. The minimum Gasteiger partial charge on any atom is -0.371 e. The fourth-order valence-electron chi connectivity index (χ4n) is 1.73. The van der Waals surface area contributed by atoms with Crippen LogP contribution in [0.4, 0.5) is 0 Å². The Balaban J connectivity index is 3.09. The van der Waals surface area contributed by atoms with Crippen LogP contribution in [0.2, 0.25) is 5.15 Å². The zero-order valence-electron chi connectivity index (χ0n) is 10.5. The summed E-state index contributed by atoms with van der Waals surface area (Å²) < 4.78 is 5.45. The number of hydrogen-bond donors (Lipinski definition) is 0. The predicted molar refractivity (Wildman–Crippen MR) is 65.9 cm³/mol. The minimum absolute atomic E-state index is 0.109. The third kappa shape index (κ3) is 2.92. The van der Waals surface area contributed by atoms with Gasteiger partial charge in [0.25, 0.3) is 0 Å². The predicted octanol–water partition coefficient (Wildman–Crippen LogP) is 3.66. The van der Waals surface area contributed by atoms with Crippen LogP contribution in [0.15, 0.2) is 0 Å². The van der Waals surface area contributed by atoms with Gasteiger partial charge in [-0.1, -0.05) is 25.4 Å². The van der Waals surface area contributed by atoms with Crippen molar-refractivity contribution in [2.75, 3.05) is 6.61 Å². The van der Waals surface area contributed by atoms with E-state index in [1.165, 1.54) is 0 Å². The van der Waals surface area contributed by atoms with Crippen LogP contribution in [0.25, 0.3) is 0 Å². The second kappa shape index (κ2) is 5.60. The Morgan fingerprint density at radius 2 is 1.88 bits per heavy atom. The van der Waals surface area contributed by atoms with E-state index in [2.05, 4.69) is 23.8 Å². The molecule has 0 aliphatic carbocycles. The molecule has 0 fully saturated rings. The van der Waals surface area contributed by atoms with Crippen molar-refractivity contribution in [3.05, 3.63) is 22.2 Å². The van der Waals surface area contributed by atoms with Gasteiger partial charge in [-0.3, -0.25) is 0 Å². The third-order valence-corrected chi connectivity index (χ3v) is 2.75. The van der Waals surface area contributed by atoms with Gasteiger partial charge >= 0.3 is 0 Å². The standard InChI is InChI=1S/C12H19ClN2O/c1-6-16-9(5)12-14-8(4)10(7(2)3)11(13)15-12/h7,9H,6H2,1-5H3. The fourth-order valence-corrected chi connectivity index (χ4v) is 2.17. The van der Waals surface area contributed by atoms with Crippen LogP contribution in [-0.4, -0.2) is 16.6 Å². The largest absolute Gasteiger partial charge is 0.371 e. The molecule has 1 heterocycles. The first-order chi connectivity index (χ1) is 7.47. The quantitative estimate of drug-likeness (QED) is 0.756. The Kier molecular flexibility index (Phi) is 4.69. The molecule has 1 rings (SSSR count). The summed E-state index contributed by atoms with van der Waals surface area (Å²) in [6.07, 6.45) is -0.109. The summed E-state index contributed by atoms with van der Waals surface area (Å²) in [5.74, 6) is 0.998. The van der Waals surface area contributed by atoms with Crippen LogP contribution in [-0.2, 0) is 4.74 Å². The molecule has 16 heavy (non-hydrogen) atoms. The van der Waals surface area contributed by atoms with Crippen LogP contribution >= 0.6 is 11.6 Å². The van der Waals surface area contributed by atoms with Gasteiger partial charge in [-0.25, -0.2) is 9.97 Å². The fraction of sp³-hybridized carbons (Fsp3) is 0.667. The monoisotopic (exact) mass is 242 g/mol. The lowest BCUT2D eigenvalue weighted by molar-refractivity contribution is 0.0699. The minimum atomic E-state index is -0.109. The molecule has 1 unspecified atom stereocenters. The second-order valence-corrected chi connectivity index (χ2v) is 4.48. The van der Waals surface area contributed by atoms with Gasteiger partial charge in [-0.15, -0.1) is 0 Å². The van der Waals surface area contributed by atoms with Crippen LogP contribution < -0.4 is 0 Å². The Hall–Kier alpha value is -0.670. The molecule has 4 heteroatoms. The Bertz CT molecular complexity index is 343. The molecule has 0 spiro atoms. The molecule has 0 bridgehead atoms. The van der Waals surface area contributed by atoms with Crippen molar-refractivity contribution in [1.82, 2.24) is 9.97 Å². The highest BCUT2D eigenvalue weighted by Gasteiger charge is 2.16. The van der Waals surface area contributed by atoms with Gasteiger partial charge < -0.3 is 4.74 Å². The van der Waals surface area contributed by atoms with Crippen molar-refractivity contribution >= 4 is 11.6 Å². The number of nitrogens with zero attached hydrogens (tertiary/aromatic N) is 2. The SMILES string of the molecule is CCOC(C)c1nc(C)c(C(C)C)c(Cl)n1. The number of aryl methyl sites for hydroxylation is 1. The molecule has 0 N–H and O–H groups in total. The summed E-state index contributed by atoms with van der Waals surface area (Å²) in [7, 11) is 0. The van der Waals surface area contributed by atoms with Gasteiger partial charge in [0, 0.05) is 17.9 Å². The molecule has 90 valence electrons. The second-order valence-electron chi connectivity index (χ2n) is 4.12. The molecule has 0 radical (unpaired) electrons. The molecule has 0 aliphatic heterocycles. The maximum Gasteiger partial charge on any atom is 0.158 e. The molecular weight excluding hydrogens is 224 g/mol. The molecule has 1 atom stereocenters. The van der Waals surface area contributed by atoms with Crippen molar-refractivity contribution in [3.8, 4) is 0 Å². The molecule has 1 aromatic rings. The Morgan fingerprint density at radius 1 is 1.25 bits per heavy atom. The summed E-state index contributed by atoms with van der Waals surface area (Å²) in [4.78, 5) is 8.76. The first kappa shape index (κ1) is 13.4. The van der Waals surface area contributed by atoms with Crippen molar-refractivity contribution in [1.29, 1.82) is 0 Å². The van der Waals surface area contributed by atoms with Crippen molar-refractivity contribution in [2.45, 2.75) is 46.6 Å². The van der Waals surface area contributed by atoms with E-state index in [1.54, 1.807) is 0 Å². The Labute approximate surface area is 102 Å². The Morgan fingerprint density at radius 3 is 2.31 bits per heavy atom. The highest BCUT2D eigenvalue weighted by atomic mass is 35.5. The highest BCUT2D eigenvalue weighted by molar-refractivity contribution is 6.30. The summed E-state index contributed by atoms with van der Waals surface area (Å²) in [6, 6.07) is 0. The molecule has 1 aromatic heterocycles. The van der Waals surface area contributed by atoms with E-state index in [-0.39, 0.29) is 6.10 Å². The number of halogens is 1. The van der Waals surface area contributed by atoms with E-state index in [0.717, 1.165) is 11.3 Å². The van der Waals surface area contributed by atoms with E-state index < -0.39 is 0 Å². The molecule has 0 saturated heterocycles. The van der Waals surface area contributed by atoms with Crippen molar-refractivity contribution < 1.29 is 4.74 Å². The third-order valence-electron chi connectivity index (χ3n) is 2.46.